The zero-order valence-corrected chi connectivity index (χ0v) is 24.7. The molecule has 0 aliphatic heterocycles. The number of allylic oxidation sites excluding steroid dienone is 1. The zero-order chi connectivity index (χ0) is 24.8. The second-order valence-corrected chi connectivity index (χ2v) is 12.4. The fourth-order valence-electron chi connectivity index (χ4n) is 4.69. The lowest BCUT2D eigenvalue weighted by molar-refractivity contribution is 0.809. The van der Waals surface area contributed by atoms with Crippen molar-refractivity contribution in [1.29, 1.82) is 0 Å². The molecule has 0 aliphatic carbocycles. The number of unbranched alkanes of at least 4 members (excludes halogenated alkanes) is 1. The molecule has 0 radical (unpaired) electrons. The molecule has 0 heterocycles. The molecule has 178 valence electrons. The van der Waals surface area contributed by atoms with Gasteiger partial charge in [-0.25, -0.2) is 0 Å². The molecule has 0 saturated heterocycles. The maximum absolute atomic E-state index is 4.51. The van der Waals surface area contributed by atoms with E-state index in [9.17, 15) is 0 Å². The number of hydrogen-bond donors (Lipinski definition) is 0. The quantitative estimate of drug-likeness (QED) is 0.0945. The molecule has 0 aliphatic rings. The largest absolute Gasteiger partial charge is 0.131 e. The predicted molar refractivity (Wildman–Crippen MR) is 175 cm³/mol. The SMILES string of the molecule is C=ICCCCc1ccc(/C=C/C(C)c2c(-c3ccccc3)c3cc(I)ccc3c(=C)c2=C)cc1. The van der Waals surface area contributed by atoms with Crippen molar-refractivity contribution in [3.63, 3.8) is 0 Å². The van der Waals surface area contributed by atoms with E-state index in [2.05, 4.69) is 132 Å². The van der Waals surface area contributed by atoms with Crippen molar-refractivity contribution < 1.29 is 0 Å². The van der Waals surface area contributed by atoms with Crippen molar-refractivity contribution in [3.05, 3.63) is 110 Å². The van der Waals surface area contributed by atoms with Crippen molar-refractivity contribution >= 4 is 77.8 Å². The molecule has 4 aromatic rings. The van der Waals surface area contributed by atoms with E-state index in [4.69, 9.17) is 0 Å². The Bertz CT molecular complexity index is 1450. The second-order valence-electron chi connectivity index (χ2n) is 9.03. The van der Waals surface area contributed by atoms with Gasteiger partial charge in [0.05, 0.1) is 0 Å². The minimum atomic E-state index is 0.186. The lowest BCUT2D eigenvalue weighted by Crippen LogP contribution is -2.29. The summed E-state index contributed by atoms with van der Waals surface area (Å²) in [6.45, 7) is 11.2. The van der Waals surface area contributed by atoms with Crippen LogP contribution in [-0.4, -0.2) is 8.94 Å². The molecule has 0 bridgehead atoms. The van der Waals surface area contributed by atoms with Gasteiger partial charge in [0.1, 0.15) is 0 Å². The number of benzene rings is 4. The summed E-state index contributed by atoms with van der Waals surface area (Å²) in [5, 5.41) is 4.49. The van der Waals surface area contributed by atoms with E-state index in [1.54, 1.807) is 0 Å². The van der Waals surface area contributed by atoms with Crippen LogP contribution >= 0.6 is 43.3 Å². The summed E-state index contributed by atoms with van der Waals surface area (Å²) in [5.41, 5.74) is 6.42. The van der Waals surface area contributed by atoms with Gasteiger partial charge in [-0.15, -0.1) is 20.7 Å². The lowest BCUT2D eigenvalue weighted by atomic mass is 9.85. The first-order valence-corrected chi connectivity index (χ1v) is 16.2. The van der Waals surface area contributed by atoms with Gasteiger partial charge in [0.15, 0.2) is 0 Å². The van der Waals surface area contributed by atoms with E-state index < -0.39 is 0 Å². The highest BCUT2D eigenvalue weighted by Gasteiger charge is 2.16. The monoisotopic (exact) mass is 682 g/mol. The molecule has 0 nitrogen and oxygen atoms in total. The lowest BCUT2D eigenvalue weighted by Gasteiger charge is -2.19. The van der Waals surface area contributed by atoms with Crippen LogP contribution in [0.3, 0.4) is 0 Å². The minimum absolute atomic E-state index is 0.186. The standard InChI is InChI=1S/C33H32I2/c1-23(13-14-27-17-15-26(16-18-27)10-8-9-21-35-4)32-25(3)24(2)30-20-19-29(34)22-31(30)33(32)28-11-6-5-7-12-28/h5-7,11-20,22-23H,2-4,8-10,21H2,1H3/b14-13+. The highest BCUT2D eigenvalue weighted by molar-refractivity contribution is 14.2. The fourth-order valence-corrected chi connectivity index (χ4v) is 6.26. The van der Waals surface area contributed by atoms with Crippen LogP contribution in [0.2, 0.25) is 0 Å². The topological polar surface area (TPSA) is 0 Å². The zero-order valence-electron chi connectivity index (χ0n) is 20.4. The van der Waals surface area contributed by atoms with Crippen LogP contribution in [0.15, 0.2) is 78.9 Å². The molecule has 35 heavy (non-hydrogen) atoms. The van der Waals surface area contributed by atoms with E-state index in [0.29, 0.717) is 0 Å². The van der Waals surface area contributed by atoms with Crippen LogP contribution in [0.5, 0.6) is 0 Å². The maximum Gasteiger partial charge on any atom is 0.0136 e. The molecular weight excluding hydrogens is 650 g/mol. The number of rotatable bonds is 9. The minimum Gasteiger partial charge on any atom is -0.131 e. The first-order chi connectivity index (χ1) is 17.0. The van der Waals surface area contributed by atoms with Crippen molar-refractivity contribution in [1.82, 2.24) is 0 Å². The van der Waals surface area contributed by atoms with Crippen LogP contribution in [0.1, 0.15) is 42.4 Å². The molecular formula is C33H32I2. The van der Waals surface area contributed by atoms with Gasteiger partial charge in [0.2, 0.25) is 0 Å². The van der Waals surface area contributed by atoms with Gasteiger partial charge >= 0.3 is 0 Å². The van der Waals surface area contributed by atoms with Crippen LogP contribution in [0, 0.1) is 3.57 Å². The Morgan fingerprint density at radius 1 is 0.886 bits per heavy atom. The third-order valence-corrected chi connectivity index (χ3v) is 8.79. The summed E-state index contributed by atoms with van der Waals surface area (Å²) in [6.07, 6.45) is 8.30. The molecule has 0 aromatic heterocycles. The number of alkyl halides is 1. The second kappa shape index (κ2) is 12.3. The van der Waals surface area contributed by atoms with Crippen LogP contribution in [0.25, 0.3) is 41.1 Å². The van der Waals surface area contributed by atoms with E-state index >= 15 is 0 Å². The molecule has 1 atom stereocenters. The van der Waals surface area contributed by atoms with E-state index in [1.165, 1.54) is 59.4 Å². The van der Waals surface area contributed by atoms with Gasteiger partial charge in [0, 0.05) is 9.49 Å². The summed E-state index contributed by atoms with van der Waals surface area (Å²) in [5.74, 6) is 0.200. The third kappa shape index (κ3) is 6.21. The first-order valence-electron chi connectivity index (χ1n) is 12.1. The van der Waals surface area contributed by atoms with Crippen LogP contribution in [-0.2, 0) is 6.42 Å². The summed E-state index contributed by atoms with van der Waals surface area (Å²) < 4.78 is 6.60. The molecule has 0 N–H and O–H groups in total. The summed E-state index contributed by atoms with van der Waals surface area (Å²) in [4.78, 5) is 0. The van der Waals surface area contributed by atoms with Crippen molar-refractivity contribution in [2.24, 2.45) is 0 Å². The van der Waals surface area contributed by atoms with Gasteiger partial charge in [-0.1, -0.05) is 97.4 Å². The Morgan fingerprint density at radius 2 is 1.63 bits per heavy atom. The number of hydrogen-bond acceptors (Lipinski definition) is 0. The van der Waals surface area contributed by atoms with Gasteiger partial charge in [0.25, 0.3) is 0 Å². The predicted octanol–water partition coefficient (Wildman–Crippen LogP) is 8.47. The Kier molecular flexibility index (Phi) is 9.12. The van der Waals surface area contributed by atoms with Crippen molar-refractivity contribution in [2.75, 3.05) is 4.43 Å². The van der Waals surface area contributed by atoms with Crippen molar-refractivity contribution in [3.8, 4) is 11.1 Å². The number of aryl methyl sites for hydroxylation is 1. The highest BCUT2D eigenvalue weighted by Crippen LogP contribution is 2.34. The number of halogens is 2. The Hall–Kier alpha value is -2.05. The van der Waals surface area contributed by atoms with Crippen LogP contribution < -0.4 is 10.4 Å². The molecule has 1 unspecified atom stereocenters. The summed E-state index contributed by atoms with van der Waals surface area (Å²) in [7, 11) is 0. The average Bonchev–Trinajstić information content (AvgIpc) is 2.88. The van der Waals surface area contributed by atoms with Gasteiger partial charge in [-0.3, -0.25) is 0 Å². The maximum atomic E-state index is 4.51. The van der Waals surface area contributed by atoms with Gasteiger partial charge in [-0.2, -0.15) is 0 Å². The van der Waals surface area contributed by atoms with Gasteiger partial charge < -0.3 is 0 Å². The molecule has 0 amide bonds. The van der Waals surface area contributed by atoms with E-state index in [1.807, 2.05) is 0 Å². The summed E-state index contributed by atoms with van der Waals surface area (Å²) >= 11 is 2.59. The molecule has 4 aromatic carbocycles. The van der Waals surface area contributed by atoms with E-state index in [-0.39, 0.29) is 26.6 Å². The molecule has 0 fully saturated rings. The first kappa shape index (κ1) is 26.0. The smallest absolute Gasteiger partial charge is 0.0136 e. The fraction of sp³-hybridized carbons (Fsp3) is 0.182. The Morgan fingerprint density at radius 3 is 2.34 bits per heavy atom. The molecule has 0 spiro atoms. The van der Waals surface area contributed by atoms with Crippen LogP contribution in [0.4, 0.5) is 0 Å². The molecule has 2 heteroatoms. The molecule has 4 rings (SSSR count). The molecule has 0 saturated carbocycles. The summed E-state index contributed by atoms with van der Waals surface area (Å²) in [6, 6.07) is 26.4. The average molecular weight is 682 g/mol. The van der Waals surface area contributed by atoms with Gasteiger partial charge in [-0.05, 0) is 107 Å². The highest BCUT2D eigenvalue weighted by atomic mass is 127. The number of fused-ring (bicyclic) bond motifs is 1. The van der Waals surface area contributed by atoms with E-state index in [0.717, 1.165) is 16.9 Å². The Balaban J connectivity index is 1.71. The third-order valence-electron chi connectivity index (χ3n) is 6.59. The normalized spacial score (nSPS) is 12.4. The Labute approximate surface area is 233 Å². The van der Waals surface area contributed by atoms with Crippen molar-refractivity contribution in [2.45, 2.75) is 32.1 Å².